The van der Waals surface area contributed by atoms with E-state index in [0.717, 1.165) is 31.4 Å². The van der Waals surface area contributed by atoms with E-state index in [-0.39, 0.29) is 11.3 Å². The monoisotopic (exact) mass is 421 g/mol. The first kappa shape index (κ1) is 20.5. The first-order valence-electron chi connectivity index (χ1n) is 10.2. The predicted octanol–water partition coefficient (Wildman–Crippen LogP) is 4.55. The van der Waals surface area contributed by atoms with Gasteiger partial charge < -0.3 is 10.3 Å². The molecule has 0 bridgehead atoms. The molecule has 1 unspecified atom stereocenters. The average Bonchev–Trinajstić information content (AvgIpc) is 2.75. The third kappa shape index (κ3) is 4.53. The zero-order valence-corrected chi connectivity index (χ0v) is 17.6. The quantitative estimate of drug-likeness (QED) is 0.572. The van der Waals surface area contributed by atoms with Gasteiger partial charge in [0.15, 0.2) is 5.78 Å². The highest BCUT2D eigenvalue weighted by Gasteiger charge is 2.16. The molecule has 6 heteroatoms. The number of ketones is 1. The smallest absolute Gasteiger partial charge is 0.258 e. The molecule has 5 nitrogen and oxygen atoms in total. The summed E-state index contributed by atoms with van der Waals surface area (Å²) in [6.07, 6.45) is 5.73. The zero-order chi connectivity index (χ0) is 21.1. The van der Waals surface area contributed by atoms with E-state index >= 15 is 0 Å². The fraction of sp³-hybridized carbons (Fsp3) is 0.292. The maximum atomic E-state index is 12.3. The summed E-state index contributed by atoms with van der Waals surface area (Å²) in [5.74, 6) is 0.757. The van der Waals surface area contributed by atoms with Gasteiger partial charge in [0.25, 0.3) is 5.56 Å². The summed E-state index contributed by atoms with van der Waals surface area (Å²) in [5, 5.41) is 4.56. The largest absolute Gasteiger partial charge is 0.310 e. The number of H-pyrrole nitrogens is 1. The Kier molecular flexibility index (Phi) is 6.11. The van der Waals surface area contributed by atoms with E-state index in [4.69, 9.17) is 11.6 Å². The summed E-state index contributed by atoms with van der Waals surface area (Å²) in [5.41, 5.74) is 3.63. The number of aryl methyl sites for hydroxylation is 1. The molecule has 1 aliphatic rings. The van der Waals surface area contributed by atoms with E-state index < -0.39 is 0 Å². The van der Waals surface area contributed by atoms with Gasteiger partial charge in [-0.1, -0.05) is 48.0 Å². The first-order chi connectivity index (χ1) is 14.5. The Labute approximate surface area is 180 Å². The Balaban J connectivity index is 1.37. The molecule has 3 aromatic rings. The summed E-state index contributed by atoms with van der Waals surface area (Å²) in [6.45, 7) is 2.41. The Bertz CT molecular complexity index is 1170. The maximum absolute atomic E-state index is 12.3. The molecule has 2 N–H and O–H groups in total. The molecule has 2 aromatic carbocycles. The lowest BCUT2D eigenvalue weighted by Gasteiger charge is -2.24. The minimum absolute atomic E-state index is 0.0837. The minimum Gasteiger partial charge on any atom is -0.310 e. The van der Waals surface area contributed by atoms with Gasteiger partial charge in [0.2, 0.25) is 0 Å². The van der Waals surface area contributed by atoms with Crippen molar-refractivity contribution in [1.29, 1.82) is 0 Å². The summed E-state index contributed by atoms with van der Waals surface area (Å²) in [6, 6.07) is 13.5. The topological polar surface area (TPSA) is 74.8 Å². The highest BCUT2D eigenvalue weighted by Crippen LogP contribution is 2.25. The van der Waals surface area contributed by atoms with Crippen LogP contribution in [0, 0.1) is 0 Å². The molecule has 0 saturated heterocycles. The molecule has 1 aliphatic heterocycles. The van der Waals surface area contributed by atoms with Crippen LogP contribution >= 0.6 is 11.6 Å². The van der Waals surface area contributed by atoms with E-state index in [9.17, 15) is 9.59 Å². The summed E-state index contributed by atoms with van der Waals surface area (Å²) < 4.78 is 0. The molecular formula is C24H24ClN3O2. The van der Waals surface area contributed by atoms with Gasteiger partial charge >= 0.3 is 0 Å². The molecule has 2 heterocycles. The second kappa shape index (κ2) is 8.94. The van der Waals surface area contributed by atoms with Crippen LogP contribution < -0.4 is 10.9 Å². The molecule has 1 atom stereocenters. The Hall–Kier alpha value is -2.76. The Morgan fingerprint density at radius 3 is 2.77 bits per heavy atom. The highest BCUT2D eigenvalue weighted by atomic mass is 35.5. The molecule has 0 spiro atoms. The Morgan fingerprint density at radius 1 is 1.20 bits per heavy atom. The number of rotatable bonds is 6. The standard InChI is InChI=1S/C24H24ClN3O2/c1-15(29)16-8-10-17(11-9-16)18-12-13-26-19(14-18)4-2-7-22-27-23-20(24(30)28-22)5-3-6-21(23)25/h3,5-6,8-12,19,26H,2,4,7,13-14H2,1H3,(H,27,28,30). The molecule has 0 amide bonds. The molecule has 154 valence electrons. The van der Waals surface area contributed by atoms with Crippen LogP contribution in [0.2, 0.25) is 5.02 Å². The van der Waals surface area contributed by atoms with E-state index in [1.807, 2.05) is 24.3 Å². The predicted molar refractivity (Wildman–Crippen MR) is 121 cm³/mol. The lowest BCUT2D eigenvalue weighted by molar-refractivity contribution is 0.101. The average molecular weight is 422 g/mol. The van der Waals surface area contributed by atoms with Gasteiger partial charge in [-0.2, -0.15) is 0 Å². The van der Waals surface area contributed by atoms with Crippen LogP contribution in [-0.4, -0.2) is 28.3 Å². The number of hydrogen-bond acceptors (Lipinski definition) is 4. The Morgan fingerprint density at radius 2 is 2.00 bits per heavy atom. The number of Topliss-reactive ketones (excluding diaryl/α,β-unsaturated/α-hetero) is 1. The number of carbonyl (C=O) groups excluding carboxylic acids is 1. The number of fused-ring (bicyclic) bond motifs is 1. The molecule has 0 aliphatic carbocycles. The van der Waals surface area contributed by atoms with Gasteiger partial charge in [0, 0.05) is 24.6 Å². The van der Waals surface area contributed by atoms with E-state index in [1.165, 1.54) is 11.1 Å². The van der Waals surface area contributed by atoms with Crippen LogP contribution in [-0.2, 0) is 6.42 Å². The van der Waals surface area contributed by atoms with Crippen LogP contribution in [0.5, 0.6) is 0 Å². The number of nitrogens with zero attached hydrogens (tertiary/aromatic N) is 1. The summed E-state index contributed by atoms with van der Waals surface area (Å²) in [4.78, 5) is 31.2. The number of aromatic nitrogens is 2. The molecule has 0 fully saturated rings. The van der Waals surface area contributed by atoms with Crippen molar-refractivity contribution in [3.05, 3.63) is 80.9 Å². The number of halogens is 1. The van der Waals surface area contributed by atoms with Gasteiger partial charge in [-0.15, -0.1) is 0 Å². The maximum Gasteiger partial charge on any atom is 0.258 e. The minimum atomic E-state index is -0.146. The fourth-order valence-electron chi connectivity index (χ4n) is 3.94. The van der Waals surface area contributed by atoms with Gasteiger partial charge in [-0.3, -0.25) is 9.59 Å². The molecular weight excluding hydrogens is 398 g/mol. The molecule has 1 aromatic heterocycles. The van der Waals surface area contributed by atoms with Gasteiger partial charge in [-0.25, -0.2) is 4.98 Å². The lowest BCUT2D eigenvalue weighted by Crippen LogP contribution is -2.33. The van der Waals surface area contributed by atoms with Crippen molar-refractivity contribution in [3.8, 4) is 0 Å². The third-order valence-corrected chi connectivity index (χ3v) is 5.89. The normalized spacial score (nSPS) is 16.5. The number of carbonyl (C=O) groups is 1. The van der Waals surface area contributed by atoms with Gasteiger partial charge in [0.05, 0.1) is 15.9 Å². The first-order valence-corrected chi connectivity index (χ1v) is 10.6. The zero-order valence-electron chi connectivity index (χ0n) is 16.9. The van der Waals surface area contributed by atoms with Crippen molar-refractivity contribution in [2.75, 3.05) is 6.54 Å². The molecule has 0 radical (unpaired) electrons. The number of hydrogen-bond donors (Lipinski definition) is 2. The van der Waals surface area contributed by atoms with Crippen molar-refractivity contribution in [2.24, 2.45) is 0 Å². The van der Waals surface area contributed by atoms with Crippen molar-refractivity contribution < 1.29 is 4.79 Å². The van der Waals surface area contributed by atoms with Crippen molar-refractivity contribution >= 4 is 33.9 Å². The highest BCUT2D eigenvalue weighted by molar-refractivity contribution is 6.34. The summed E-state index contributed by atoms with van der Waals surface area (Å²) in [7, 11) is 0. The van der Waals surface area contributed by atoms with Crippen LogP contribution in [0.3, 0.4) is 0 Å². The fourth-order valence-corrected chi connectivity index (χ4v) is 4.15. The van der Waals surface area contributed by atoms with E-state index in [1.54, 1.807) is 25.1 Å². The molecule has 0 saturated carbocycles. The lowest BCUT2D eigenvalue weighted by atomic mass is 9.92. The second-order valence-corrected chi connectivity index (χ2v) is 8.12. The summed E-state index contributed by atoms with van der Waals surface area (Å²) >= 11 is 6.21. The number of benzene rings is 2. The third-order valence-electron chi connectivity index (χ3n) is 5.59. The number of nitrogens with one attached hydrogen (secondary N) is 2. The van der Waals surface area contributed by atoms with Crippen molar-refractivity contribution in [2.45, 2.75) is 38.6 Å². The van der Waals surface area contributed by atoms with Crippen molar-refractivity contribution in [1.82, 2.24) is 15.3 Å². The van der Waals surface area contributed by atoms with Gasteiger partial charge in [-0.05, 0) is 49.5 Å². The second-order valence-electron chi connectivity index (χ2n) is 7.71. The van der Waals surface area contributed by atoms with Crippen LogP contribution in [0.15, 0.2) is 53.3 Å². The number of para-hydroxylation sites is 1. The van der Waals surface area contributed by atoms with Gasteiger partial charge in [0.1, 0.15) is 5.82 Å². The van der Waals surface area contributed by atoms with Crippen LogP contribution in [0.1, 0.15) is 47.9 Å². The van der Waals surface area contributed by atoms with Crippen molar-refractivity contribution in [3.63, 3.8) is 0 Å². The molecule has 4 rings (SSSR count). The van der Waals surface area contributed by atoms with E-state index in [2.05, 4.69) is 21.4 Å². The van der Waals surface area contributed by atoms with Crippen LogP contribution in [0.4, 0.5) is 0 Å². The SMILES string of the molecule is CC(=O)c1ccc(C2=CCNC(CCCc3nc4c(Cl)cccc4c(=O)[nH]3)C2)cc1. The number of aromatic amines is 1. The molecule has 30 heavy (non-hydrogen) atoms. The van der Waals surface area contributed by atoms with Crippen LogP contribution in [0.25, 0.3) is 16.5 Å². The van der Waals surface area contributed by atoms with E-state index in [0.29, 0.717) is 34.2 Å².